The normalized spacial score (nSPS) is 22.4. The Morgan fingerprint density at radius 3 is 3.00 bits per heavy atom. The van der Waals surface area contributed by atoms with Crippen molar-refractivity contribution in [3.8, 4) is 11.3 Å². The second-order valence-electron chi connectivity index (χ2n) is 7.02. The van der Waals surface area contributed by atoms with Crippen LogP contribution >= 0.6 is 11.6 Å². The quantitative estimate of drug-likeness (QED) is 0.857. The maximum Gasteiger partial charge on any atom is 0.221 e. The highest BCUT2D eigenvalue weighted by Crippen LogP contribution is 2.37. The molecule has 1 saturated carbocycles. The molecule has 6 heteroatoms. The van der Waals surface area contributed by atoms with Gasteiger partial charge in [-0.1, -0.05) is 28.9 Å². The molecular formula is C19H22ClN3O2. The molecule has 25 heavy (non-hydrogen) atoms. The summed E-state index contributed by atoms with van der Waals surface area (Å²) in [6, 6.07) is 10.00. The van der Waals surface area contributed by atoms with Crippen LogP contribution in [0.25, 0.3) is 11.3 Å². The summed E-state index contributed by atoms with van der Waals surface area (Å²) in [7, 11) is 0. The number of nitrogens with one attached hydrogen (secondary N) is 1. The SMILES string of the molecule is O=C(CCN1C[C@H]2CC[C@@H]1C2)NCc1cc(-c2ccccc2Cl)on1. The van der Waals surface area contributed by atoms with E-state index in [2.05, 4.69) is 15.4 Å². The van der Waals surface area contributed by atoms with Crippen LogP contribution < -0.4 is 5.32 Å². The second-order valence-corrected chi connectivity index (χ2v) is 7.42. The van der Waals surface area contributed by atoms with Crippen molar-refractivity contribution < 1.29 is 9.32 Å². The number of aromatic nitrogens is 1. The van der Waals surface area contributed by atoms with Gasteiger partial charge in [-0.05, 0) is 37.3 Å². The number of piperidine rings is 1. The van der Waals surface area contributed by atoms with Crippen LogP contribution in [-0.4, -0.2) is 35.1 Å². The van der Waals surface area contributed by atoms with Gasteiger partial charge in [-0.3, -0.25) is 9.69 Å². The molecule has 2 aromatic rings. The van der Waals surface area contributed by atoms with Crippen molar-refractivity contribution in [2.24, 2.45) is 5.92 Å². The molecule has 1 aromatic heterocycles. The Balaban J connectivity index is 1.26. The lowest BCUT2D eigenvalue weighted by atomic mass is 10.1. The largest absolute Gasteiger partial charge is 0.356 e. The lowest BCUT2D eigenvalue weighted by Gasteiger charge is -2.26. The minimum absolute atomic E-state index is 0.0602. The number of likely N-dealkylation sites (tertiary alicyclic amines) is 1. The number of fused-ring (bicyclic) bond motifs is 2. The Morgan fingerprint density at radius 2 is 2.24 bits per heavy atom. The van der Waals surface area contributed by atoms with E-state index in [0.717, 1.165) is 18.0 Å². The van der Waals surface area contributed by atoms with E-state index in [1.54, 1.807) is 0 Å². The fourth-order valence-electron chi connectivity index (χ4n) is 4.01. The minimum Gasteiger partial charge on any atom is -0.356 e. The third-order valence-corrected chi connectivity index (χ3v) is 5.64. The van der Waals surface area contributed by atoms with Gasteiger partial charge in [-0.25, -0.2) is 0 Å². The van der Waals surface area contributed by atoms with Gasteiger partial charge < -0.3 is 9.84 Å². The van der Waals surface area contributed by atoms with Crippen molar-refractivity contribution in [3.63, 3.8) is 0 Å². The lowest BCUT2D eigenvalue weighted by molar-refractivity contribution is -0.121. The highest BCUT2D eigenvalue weighted by molar-refractivity contribution is 6.33. The van der Waals surface area contributed by atoms with Gasteiger partial charge in [0.1, 0.15) is 5.69 Å². The Labute approximate surface area is 152 Å². The van der Waals surface area contributed by atoms with E-state index in [4.69, 9.17) is 16.1 Å². The van der Waals surface area contributed by atoms with Crippen LogP contribution in [0.4, 0.5) is 0 Å². The summed E-state index contributed by atoms with van der Waals surface area (Å²) in [5.74, 6) is 1.54. The van der Waals surface area contributed by atoms with Crippen molar-refractivity contribution in [1.29, 1.82) is 0 Å². The summed E-state index contributed by atoms with van der Waals surface area (Å²) in [5.41, 5.74) is 1.50. The summed E-state index contributed by atoms with van der Waals surface area (Å²) in [4.78, 5) is 14.6. The van der Waals surface area contributed by atoms with Gasteiger partial charge in [0.2, 0.25) is 5.91 Å². The number of hydrogen-bond donors (Lipinski definition) is 1. The summed E-state index contributed by atoms with van der Waals surface area (Å²) < 4.78 is 5.34. The number of halogens is 1. The third kappa shape index (κ3) is 3.72. The van der Waals surface area contributed by atoms with Crippen LogP contribution in [0.3, 0.4) is 0 Å². The van der Waals surface area contributed by atoms with E-state index in [9.17, 15) is 4.79 Å². The van der Waals surface area contributed by atoms with Crippen molar-refractivity contribution in [1.82, 2.24) is 15.4 Å². The van der Waals surface area contributed by atoms with Crippen LogP contribution in [0.15, 0.2) is 34.9 Å². The van der Waals surface area contributed by atoms with E-state index in [0.29, 0.717) is 35.5 Å². The zero-order valence-electron chi connectivity index (χ0n) is 14.1. The first kappa shape index (κ1) is 16.6. The van der Waals surface area contributed by atoms with Crippen LogP contribution in [0.2, 0.25) is 5.02 Å². The molecule has 0 spiro atoms. The highest BCUT2D eigenvalue weighted by atomic mass is 35.5. The zero-order valence-corrected chi connectivity index (χ0v) is 14.8. The Hall–Kier alpha value is -1.85. The molecule has 1 amide bonds. The maximum absolute atomic E-state index is 12.1. The van der Waals surface area contributed by atoms with Crippen molar-refractivity contribution in [2.75, 3.05) is 13.1 Å². The molecule has 1 aliphatic carbocycles. The molecule has 2 fully saturated rings. The number of nitrogens with zero attached hydrogens (tertiary/aromatic N) is 2. The van der Waals surface area contributed by atoms with Crippen LogP contribution in [0.1, 0.15) is 31.4 Å². The fraction of sp³-hybridized carbons (Fsp3) is 0.474. The van der Waals surface area contributed by atoms with E-state index in [-0.39, 0.29) is 5.91 Å². The molecule has 0 unspecified atom stereocenters. The molecule has 1 aromatic carbocycles. The first-order valence-corrected chi connectivity index (χ1v) is 9.28. The van der Waals surface area contributed by atoms with Gasteiger partial charge in [0, 0.05) is 37.2 Å². The Bertz CT molecular complexity index is 761. The molecule has 1 aliphatic heterocycles. The first-order chi connectivity index (χ1) is 12.2. The molecule has 5 nitrogen and oxygen atoms in total. The van der Waals surface area contributed by atoms with Gasteiger partial charge in [0.15, 0.2) is 5.76 Å². The van der Waals surface area contributed by atoms with Gasteiger partial charge in [-0.15, -0.1) is 0 Å². The van der Waals surface area contributed by atoms with Crippen LogP contribution in [-0.2, 0) is 11.3 Å². The predicted octanol–water partition coefficient (Wildman–Crippen LogP) is 3.49. The van der Waals surface area contributed by atoms with Crippen molar-refractivity contribution in [2.45, 2.75) is 38.3 Å². The standard InChI is InChI=1S/C19H22ClN3O2/c20-17-4-2-1-3-16(17)18-10-14(22-25-18)11-21-19(24)7-8-23-12-13-5-6-15(23)9-13/h1-4,10,13,15H,5-9,11-12H2,(H,21,24)/t13-,15+/m0/s1. The van der Waals surface area contributed by atoms with Crippen molar-refractivity contribution in [3.05, 3.63) is 41.0 Å². The number of rotatable bonds is 6. The van der Waals surface area contributed by atoms with Crippen molar-refractivity contribution >= 4 is 17.5 Å². The van der Waals surface area contributed by atoms with Crippen LogP contribution in [0, 0.1) is 5.92 Å². The predicted molar refractivity (Wildman–Crippen MR) is 96.1 cm³/mol. The third-order valence-electron chi connectivity index (χ3n) is 5.31. The van der Waals surface area contributed by atoms with Crippen LogP contribution in [0.5, 0.6) is 0 Å². The van der Waals surface area contributed by atoms with Gasteiger partial charge in [0.05, 0.1) is 11.6 Å². The van der Waals surface area contributed by atoms with Gasteiger partial charge in [0.25, 0.3) is 0 Å². The molecule has 4 rings (SSSR count). The average Bonchev–Trinajstić information content (AvgIpc) is 3.35. The number of hydrogen-bond acceptors (Lipinski definition) is 4. The molecule has 1 N–H and O–H groups in total. The molecule has 2 aliphatic rings. The summed E-state index contributed by atoms with van der Waals surface area (Å²) >= 11 is 6.16. The highest BCUT2D eigenvalue weighted by Gasteiger charge is 2.37. The van der Waals surface area contributed by atoms with E-state index < -0.39 is 0 Å². The fourth-order valence-corrected chi connectivity index (χ4v) is 4.24. The first-order valence-electron chi connectivity index (χ1n) is 8.90. The monoisotopic (exact) mass is 359 g/mol. The molecule has 2 atom stereocenters. The molecule has 0 radical (unpaired) electrons. The molecular weight excluding hydrogens is 338 g/mol. The number of carbonyl (C=O) groups is 1. The van der Waals surface area contributed by atoms with Gasteiger partial charge in [-0.2, -0.15) is 0 Å². The Morgan fingerprint density at radius 1 is 1.36 bits per heavy atom. The topological polar surface area (TPSA) is 58.4 Å². The average molecular weight is 360 g/mol. The summed E-state index contributed by atoms with van der Waals surface area (Å²) in [6.45, 7) is 2.40. The minimum atomic E-state index is 0.0602. The molecule has 132 valence electrons. The summed E-state index contributed by atoms with van der Waals surface area (Å²) in [6.07, 6.45) is 4.53. The summed E-state index contributed by atoms with van der Waals surface area (Å²) in [5, 5.41) is 7.56. The molecule has 2 bridgehead atoms. The molecule has 2 heterocycles. The number of benzene rings is 1. The number of carbonyl (C=O) groups excluding carboxylic acids is 1. The zero-order chi connectivity index (χ0) is 17.2. The smallest absolute Gasteiger partial charge is 0.221 e. The van der Waals surface area contributed by atoms with E-state index in [1.807, 2.05) is 30.3 Å². The molecule has 1 saturated heterocycles. The second kappa shape index (κ2) is 7.18. The van der Waals surface area contributed by atoms with Gasteiger partial charge >= 0.3 is 0 Å². The lowest BCUT2D eigenvalue weighted by Crippen LogP contribution is -2.35. The number of amides is 1. The van der Waals surface area contributed by atoms with E-state index in [1.165, 1.54) is 25.8 Å². The maximum atomic E-state index is 12.1. The van der Waals surface area contributed by atoms with E-state index >= 15 is 0 Å². The Kier molecular flexibility index (Phi) is 4.77.